The van der Waals surface area contributed by atoms with Gasteiger partial charge in [0.2, 0.25) is 0 Å². The van der Waals surface area contributed by atoms with Gasteiger partial charge in [-0.2, -0.15) is 0 Å². The Bertz CT molecular complexity index is 399. The van der Waals surface area contributed by atoms with Gasteiger partial charge in [0.05, 0.1) is 0 Å². The average molecular weight is 207 g/mol. The van der Waals surface area contributed by atoms with Crippen LogP contribution in [0.2, 0.25) is 0 Å². The summed E-state index contributed by atoms with van der Waals surface area (Å²) in [7, 11) is 2.11. The molecule has 4 nitrogen and oxygen atoms in total. The maximum atomic E-state index is 11.3. The summed E-state index contributed by atoms with van der Waals surface area (Å²) in [5, 5.41) is 0. The smallest absolute Gasteiger partial charge is 0.251 e. The number of rotatable bonds is 1. The molecule has 15 heavy (non-hydrogen) atoms. The zero-order valence-electron chi connectivity index (χ0n) is 9.29. The van der Waals surface area contributed by atoms with Crippen LogP contribution in [-0.2, 0) is 0 Å². The predicted octanol–water partition coefficient (Wildman–Crippen LogP) is 0.888. The molecule has 2 heterocycles. The molecular weight excluding hydrogens is 190 g/mol. The van der Waals surface area contributed by atoms with Gasteiger partial charge in [-0.25, -0.2) is 4.98 Å². The summed E-state index contributed by atoms with van der Waals surface area (Å²) in [5.74, 6) is 1.24. The molecule has 0 saturated carbocycles. The third-order valence-corrected chi connectivity index (χ3v) is 2.90. The number of likely N-dealkylation sites (tertiary alicyclic amines) is 1. The lowest BCUT2D eigenvalue weighted by molar-refractivity contribution is 0.245. The summed E-state index contributed by atoms with van der Waals surface area (Å²) >= 11 is 0. The molecule has 0 radical (unpaired) electrons. The summed E-state index contributed by atoms with van der Waals surface area (Å²) in [6.45, 7) is 4.00. The second kappa shape index (κ2) is 4.14. The van der Waals surface area contributed by atoms with E-state index in [0.29, 0.717) is 5.92 Å². The molecule has 1 aliphatic rings. The summed E-state index contributed by atoms with van der Waals surface area (Å²) in [4.78, 5) is 20.9. The number of aromatic nitrogens is 2. The quantitative estimate of drug-likeness (QED) is 0.744. The van der Waals surface area contributed by atoms with Gasteiger partial charge in [-0.1, -0.05) is 0 Å². The van der Waals surface area contributed by atoms with Crippen LogP contribution in [0, 0.1) is 6.92 Å². The highest BCUT2D eigenvalue weighted by atomic mass is 16.1. The third-order valence-electron chi connectivity index (χ3n) is 2.90. The first-order chi connectivity index (χ1) is 7.15. The van der Waals surface area contributed by atoms with E-state index in [0.717, 1.165) is 31.0 Å². The van der Waals surface area contributed by atoms with Crippen LogP contribution in [0.5, 0.6) is 0 Å². The van der Waals surface area contributed by atoms with Crippen LogP contribution >= 0.6 is 0 Å². The van der Waals surface area contributed by atoms with Gasteiger partial charge < -0.3 is 9.88 Å². The molecule has 0 bridgehead atoms. The zero-order valence-corrected chi connectivity index (χ0v) is 9.29. The van der Waals surface area contributed by atoms with E-state index in [2.05, 4.69) is 21.9 Å². The molecule has 2 rings (SSSR count). The van der Waals surface area contributed by atoms with Gasteiger partial charge in [-0.15, -0.1) is 0 Å². The van der Waals surface area contributed by atoms with E-state index >= 15 is 0 Å². The molecule has 1 N–H and O–H groups in total. The Labute approximate surface area is 89.3 Å². The molecule has 1 aromatic rings. The Morgan fingerprint density at radius 1 is 1.60 bits per heavy atom. The van der Waals surface area contributed by atoms with Gasteiger partial charge >= 0.3 is 0 Å². The highest BCUT2D eigenvalue weighted by Crippen LogP contribution is 2.22. The number of aromatic amines is 1. The first kappa shape index (κ1) is 10.4. The van der Waals surface area contributed by atoms with Crippen LogP contribution in [0.3, 0.4) is 0 Å². The lowest BCUT2D eigenvalue weighted by atomic mass is 9.97. The number of nitrogens with one attached hydrogen (secondary N) is 1. The Hall–Kier alpha value is -1.16. The molecular formula is C11H17N3O. The summed E-state index contributed by atoms with van der Waals surface area (Å²) < 4.78 is 0. The van der Waals surface area contributed by atoms with Crippen molar-refractivity contribution >= 4 is 0 Å². The van der Waals surface area contributed by atoms with Crippen molar-refractivity contribution in [3.05, 3.63) is 27.9 Å². The summed E-state index contributed by atoms with van der Waals surface area (Å²) in [6, 6.07) is 1.54. The van der Waals surface area contributed by atoms with Gasteiger partial charge in [-0.3, -0.25) is 4.79 Å². The van der Waals surface area contributed by atoms with E-state index in [1.54, 1.807) is 0 Å². The number of aryl methyl sites for hydroxylation is 1. The predicted molar refractivity (Wildman–Crippen MR) is 59.1 cm³/mol. The number of hydrogen-bond acceptors (Lipinski definition) is 3. The highest BCUT2D eigenvalue weighted by molar-refractivity contribution is 5.05. The molecule has 1 fully saturated rings. The molecule has 1 unspecified atom stereocenters. The van der Waals surface area contributed by atoms with Crippen molar-refractivity contribution in [3.8, 4) is 0 Å². The van der Waals surface area contributed by atoms with Crippen LogP contribution < -0.4 is 5.56 Å². The Morgan fingerprint density at radius 2 is 2.40 bits per heavy atom. The van der Waals surface area contributed by atoms with E-state index in [9.17, 15) is 4.79 Å². The molecule has 82 valence electrons. The number of nitrogens with zero attached hydrogens (tertiary/aromatic N) is 2. The van der Waals surface area contributed by atoms with Crippen LogP contribution in [0.15, 0.2) is 10.9 Å². The second-order valence-corrected chi connectivity index (χ2v) is 4.37. The second-order valence-electron chi connectivity index (χ2n) is 4.37. The fraction of sp³-hybridized carbons (Fsp3) is 0.636. The standard InChI is InChI=1S/C11H17N3O/c1-8-6-10(15)13-11(12-8)9-4-3-5-14(2)7-9/h6,9H,3-5,7H2,1-2H3,(H,12,13,15). The molecule has 0 aromatic carbocycles. The van der Waals surface area contributed by atoms with Crippen molar-refractivity contribution in [1.29, 1.82) is 0 Å². The van der Waals surface area contributed by atoms with Crippen molar-refractivity contribution in [2.75, 3.05) is 20.1 Å². The molecule has 0 amide bonds. The highest BCUT2D eigenvalue weighted by Gasteiger charge is 2.20. The van der Waals surface area contributed by atoms with E-state index in [-0.39, 0.29) is 5.56 Å². The van der Waals surface area contributed by atoms with Crippen LogP contribution in [0.1, 0.15) is 30.3 Å². The monoisotopic (exact) mass is 207 g/mol. The number of H-pyrrole nitrogens is 1. The lowest BCUT2D eigenvalue weighted by Crippen LogP contribution is -2.32. The minimum absolute atomic E-state index is 0.0364. The minimum atomic E-state index is -0.0364. The largest absolute Gasteiger partial charge is 0.310 e. The molecule has 1 aromatic heterocycles. The van der Waals surface area contributed by atoms with E-state index in [4.69, 9.17) is 0 Å². The lowest BCUT2D eigenvalue weighted by Gasteiger charge is -2.28. The Morgan fingerprint density at radius 3 is 3.07 bits per heavy atom. The summed E-state index contributed by atoms with van der Waals surface area (Å²) in [5.41, 5.74) is 0.771. The first-order valence-corrected chi connectivity index (χ1v) is 5.41. The fourth-order valence-electron chi connectivity index (χ4n) is 2.19. The van der Waals surface area contributed by atoms with E-state index < -0.39 is 0 Å². The third kappa shape index (κ3) is 2.45. The van der Waals surface area contributed by atoms with E-state index in [1.165, 1.54) is 12.5 Å². The maximum Gasteiger partial charge on any atom is 0.251 e. The molecule has 0 aliphatic carbocycles. The van der Waals surface area contributed by atoms with Crippen LogP contribution in [-0.4, -0.2) is 35.0 Å². The van der Waals surface area contributed by atoms with Gasteiger partial charge in [0.25, 0.3) is 5.56 Å². The van der Waals surface area contributed by atoms with Gasteiger partial charge in [0.15, 0.2) is 0 Å². The van der Waals surface area contributed by atoms with E-state index in [1.807, 2.05) is 6.92 Å². The molecule has 4 heteroatoms. The number of likely N-dealkylation sites (N-methyl/N-ethyl adjacent to an activating group) is 1. The van der Waals surface area contributed by atoms with Gasteiger partial charge in [0, 0.05) is 24.2 Å². The molecule has 1 saturated heterocycles. The molecule has 1 aliphatic heterocycles. The molecule has 0 spiro atoms. The molecule has 1 atom stereocenters. The average Bonchev–Trinajstić information content (AvgIpc) is 2.16. The maximum absolute atomic E-state index is 11.3. The Kier molecular flexibility index (Phi) is 2.86. The number of piperidine rings is 1. The van der Waals surface area contributed by atoms with Crippen molar-refractivity contribution in [2.24, 2.45) is 0 Å². The van der Waals surface area contributed by atoms with Gasteiger partial charge in [0.1, 0.15) is 5.82 Å². The normalized spacial score (nSPS) is 22.9. The Balaban J connectivity index is 2.24. The minimum Gasteiger partial charge on any atom is -0.310 e. The summed E-state index contributed by atoms with van der Waals surface area (Å²) in [6.07, 6.45) is 2.30. The topological polar surface area (TPSA) is 49.0 Å². The van der Waals surface area contributed by atoms with Crippen molar-refractivity contribution in [1.82, 2.24) is 14.9 Å². The SMILES string of the molecule is Cc1cc(=O)[nH]c(C2CCCN(C)C2)n1. The van der Waals surface area contributed by atoms with Crippen LogP contribution in [0.4, 0.5) is 0 Å². The van der Waals surface area contributed by atoms with Crippen LogP contribution in [0.25, 0.3) is 0 Å². The zero-order chi connectivity index (χ0) is 10.8. The van der Waals surface area contributed by atoms with Crippen molar-refractivity contribution in [3.63, 3.8) is 0 Å². The first-order valence-electron chi connectivity index (χ1n) is 5.41. The van der Waals surface area contributed by atoms with Gasteiger partial charge in [-0.05, 0) is 33.4 Å². The van der Waals surface area contributed by atoms with Crippen molar-refractivity contribution < 1.29 is 0 Å². The van der Waals surface area contributed by atoms with Crippen molar-refractivity contribution in [2.45, 2.75) is 25.7 Å². The fourth-order valence-corrected chi connectivity index (χ4v) is 2.19. The number of hydrogen-bond donors (Lipinski definition) is 1.